The summed E-state index contributed by atoms with van der Waals surface area (Å²) in [5, 5.41) is 2.73. The fraction of sp³-hybridized carbons (Fsp3) is 0.217. The van der Waals surface area contributed by atoms with Crippen molar-refractivity contribution in [3.05, 3.63) is 87.8 Å². The number of hydrogen-bond donors (Lipinski definition) is 1. The first-order valence-electron chi connectivity index (χ1n) is 9.62. The molecular weight excluding hydrogens is 366 g/mol. The van der Waals surface area contributed by atoms with E-state index in [0.717, 1.165) is 28.3 Å². The highest BCUT2D eigenvalue weighted by Crippen LogP contribution is 2.32. The third kappa shape index (κ3) is 3.51. The smallest absolute Gasteiger partial charge is 0.260 e. The molecule has 0 radical (unpaired) electrons. The Morgan fingerprint density at radius 1 is 1.00 bits per heavy atom. The van der Waals surface area contributed by atoms with Gasteiger partial charge in [0.25, 0.3) is 5.56 Å². The normalized spacial score (nSPS) is 14.0. The van der Waals surface area contributed by atoms with Crippen molar-refractivity contribution in [2.75, 3.05) is 0 Å². The van der Waals surface area contributed by atoms with Gasteiger partial charge in [0.05, 0.1) is 11.9 Å². The molecule has 4 nitrogen and oxygen atoms in total. The fourth-order valence-corrected chi connectivity index (χ4v) is 4.63. The molecule has 5 heteroatoms. The Hall–Kier alpha value is -2.76. The maximum Gasteiger partial charge on any atom is 0.260 e. The van der Waals surface area contributed by atoms with Crippen LogP contribution < -0.4 is 5.56 Å². The predicted octanol–water partition coefficient (Wildman–Crippen LogP) is 4.82. The molecule has 1 aliphatic carbocycles. The third-order valence-corrected chi connectivity index (χ3v) is 6.09. The summed E-state index contributed by atoms with van der Waals surface area (Å²) in [6, 6.07) is 21.1. The molecule has 2 aromatic carbocycles. The van der Waals surface area contributed by atoms with E-state index in [1.807, 2.05) is 41.8 Å². The number of rotatable bonds is 6. The third-order valence-electron chi connectivity index (χ3n) is 5.22. The first-order valence-corrected chi connectivity index (χ1v) is 10.5. The van der Waals surface area contributed by atoms with Crippen LogP contribution in [0.5, 0.6) is 0 Å². The highest BCUT2D eigenvalue weighted by Gasteiger charge is 2.29. The zero-order valence-corrected chi connectivity index (χ0v) is 16.3. The van der Waals surface area contributed by atoms with Gasteiger partial charge in [-0.05, 0) is 24.0 Å². The molecule has 28 heavy (non-hydrogen) atoms. The maximum absolute atomic E-state index is 12.9. The van der Waals surface area contributed by atoms with Crippen molar-refractivity contribution in [1.29, 1.82) is 0 Å². The van der Waals surface area contributed by atoms with Crippen LogP contribution in [0.25, 0.3) is 21.3 Å². The van der Waals surface area contributed by atoms with Gasteiger partial charge in [0, 0.05) is 23.5 Å². The van der Waals surface area contributed by atoms with Gasteiger partial charge in [-0.2, -0.15) is 0 Å². The van der Waals surface area contributed by atoms with E-state index in [1.165, 1.54) is 18.4 Å². The lowest BCUT2D eigenvalue weighted by atomic mass is 10.1. The van der Waals surface area contributed by atoms with Crippen LogP contribution in [0.15, 0.2) is 70.8 Å². The topological polar surface area (TPSA) is 49.0 Å². The van der Waals surface area contributed by atoms with Gasteiger partial charge in [-0.1, -0.05) is 60.7 Å². The van der Waals surface area contributed by atoms with E-state index < -0.39 is 0 Å². The zero-order valence-electron chi connectivity index (χ0n) is 15.5. The van der Waals surface area contributed by atoms with Crippen LogP contribution in [0.4, 0.5) is 0 Å². The average Bonchev–Trinajstić information content (AvgIpc) is 3.48. The van der Waals surface area contributed by atoms with Crippen molar-refractivity contribution >= 4 is 21.6 Å². The number of nitrogens with zero attached hydrogens (tertiary/aromatic N) is 2. The van der Waals surface area contributed by atoms with Gasteiger partial charge >= 0.3 is 0 Å². The molecule has 5 rings (SSSR count). The minimum Gasteiger partial charge on any atom is -0.309 e. The number of thiophene rings is 1. The molecule has 0 amide bonds. The van der Waals surface area contributed by atoms with Gasteiger partial charge in [0.1, 0.15) is 10.7 Å². The molecule has 2 heterocycles. The molecule has 0 saturated heterocycles. The number of fused-ring (bicyclic) bond motifs is 1. The van der Waals surface area contributed by atoms with Gasteiger partial charge in [0.15, 0.2) is 0 Å². The van der Waals surface area contributed by atoms with Crippen molar-refractivity contribution in [3.63, 3.8) is 0 Å². The summed E-state index contributed by atoms with van der Waals surface area (Å²) >= 11 is 1.54. The maximum atomic E-state index is 12.9. The molecule has 1 N–H and O–H groups in total. The van der Waals surface area contributed by atoms with Gasteiger partial charge in [-0.3, -0.25) is 9.69 Å². The van der Waals surface area contributed by atoms with Gasteiger partial charge in [-0.25, -0.2) is 4.98 Å². The van der Waals surface area contributed by atoms with E-state index in [0.29, 0.717) is 18.0 Å². The van der Waals surface area contributed by atoms with Crippen LogP contribution in [-0.2, 0) is 13.1 Å². The Morgan fingerprint density at radius 3 is 2.43 bits per heavy atom. The molecule has 1 aliphatic rings. The van der Waals surface area contributed by atoms with Gasteiger partial charge in [-0.15, -0.1) is 11.3 Å². The van der Waals surface area contributed by atoms with E-state index in [2.05, 4.69) is 34.1 Å². The van der Waals surface area contributed by atoms with Crippen LogP contribution in [0.1, 0.15) is 24.2 Å². The highest BCUT2D eigenvalue weighted by molar-refractivity contribution is 7.17. The molecule has 140 valence electrons. The quantitative estimate of drug-likeness (QED) is 0.516. The molecule has 4 aromatic rings. The summed E-state index contributed by atoms with van der Waals surface area (Å²) in [6.07, 6.45) is 2.44. The number of H-pyrrole nitrogens is 1. The van der Waals surface area contributed by atoms with Crippen molar-refractivity contribution in [2.45, 2.75) is 32.0 Å². The van der Waals surface area contributed by atoms with Gasteiger partial charge in [0.2, 0.25) is 0 Å². The Balaban J connectivity index is 1.45. The average molecular weight is 388 g/mol. The second-order valence-electron chi connectivity index (χ2n) is 7.33. The lowest BCUT2D eigenvalue weighted by Gasteiger charge is -2.21. The lowest BCUT2D eigenvalue weighted by Crippen LogP contribution is -2.27. The summed E-state index contributed by atoms with van der Waals surface area (Å²) in [4.78, 5) is 23.9. The second kappa shape index (κ2) is 7.34. The zero-order chi connectivity index (χ0) is 18.9. The van der Waals surface area contributed by atoms with Crippen molar-refractivity contribution in [2.24, 2.45) is 0 Å². The van der Waals surface area contributed by atoms with Crippen LogP contribution in [0.2, 0.25) is 0 Å². The number of aromatic amines is 1. The summed E-state index contributed by atoms with van der Waals surface area (Å²) in [5.41, 5.74) is 3.26. The Kier molecular flexibility index (Phi) is 4.55. The van der Waals surface area contributed by atoms with Crippen molar-refractivity contribution < 1.29 is 0 Å². The molecule has 1 fully saturated rings. The second-order valence-corrected chi connectivity index (χ2v) is 8.19. The van der Waals surface area contributed by atoms with Crippen LogP contribution in [0.3, 0.4) is 0 Å². The van der Waals surface area contributed by atoms with Crippen LogP contribution in [-0.4, -0.2) is 20.9 Å². The van der Waals surface area contributed by atoms with E-state index in [9.17, 15) is 4.79 Å². The summed E-state index contributed by atoms with van der Waals surface area (Å²) in [5.74, 6) is 0.752. The number of benzene rings is 2. The SMILES string of the molecule is O=c1[nH]c(CN(Cc2ccccc2)C2CC2)nc2scc(-c3ccccc3)c12. The Labute approximate surface area is 167 Å². The predicted molar refractivity (Wildman–Crippen MR) is 114 cm³/mol. The van der Waals surface area contributed by atoms with Crippen LogP contribution >= 0.6 is 11.3 Å². The molecule has 0 spiro atoms. The molecule has 0 bridgehead atoms. The fourth-order valence-electron chi connectivity index (χ4n) is 3.66. The monoisotopic (exact) mass is 387 g/mol. The Bertz CT molecular complexity index is 1150. The van der Waals surface area contributed by atoms with Gasteiger partial charge < -0.3 is 4.98 Å². The number of aromatic nitrogens is 2. The molecule has 1 saturated carbocycles. The van der Waals surface area contributed by atoms with Crippen molar-refractivity contribution in [1.82, 2.24) is 14.9 Å². The molecular formula is C23H21N3OS. The molecule has 0 atom stereocenters. The minimum absolute atomic E-state index is 0.0458. The van der Waals surface area contributed by atoms with E-state index >= 15 is 0 Å². The summed E-state index contributed by atoms with van der Waals surface area (Å²) < 4.78 is 0. The highest BCUT2D eigenvalue weighted by atomic mass is 32.1. The molecule has 0 aliphatic heterocycles. The standard InChI is InChI=1S/C23H21N3OS/c27-22-21-19(17-9-5-2-6-10-17)15-28-23(21)25-20(24-22)14-26(18-11-12-18)13-16-7-3-1-4-8-16/h1-10,15,18H,11-14H2,(H,24,25,27). The van der Waals surface area contributed by atoms with Crippen molar-refractivity contribution in [3.8, 4) is 11.1 Å². The summed E-state index contributed by atoms with van der Waals surface area (Å²) in [6.45, 7) is 1.55. The number of nitrogens with one attached hydrogen (secondary N) is 1. The molecule has 2 aromatic heterocycles. The summed E-state index contributed by atoms with van der Waals surface area (Å²) in [7, 11) is 0. The largest absolute Gasteiger partial charge is 0.309 e. The van der Waals surface area contributed by atoms with E-state index in [-0.39, 0.29) is 5.56 Å². The minimum atomic E-state index is -0.0458. The number of hydrogen-bond acceptors (Lipinski definition) is 4. The molecule has 0 unspecified atom stereocenters. The van der Waals surface area contributed by atoms with E-state index in [4.69, 9.17) is 4.98 Å². The first-order chi connectivity index (χ1) is 13.8. The Morgan fingerprint density at radius 2 is 1.71 bits per heavy atom. The first kappa shape index (κ1) is 17.3. The van der Waals surface area contributed by atoms with E-state index in [1.54, 1.807) is 11.3 Å². The van der Waals surface area contributed by atoms with Crippen LogP contribution in [0, 0.1) is 0 Å². The lowest BCUT2D eigenvalue weighted by molar-refractivity contribution is 0.239.